The predicted molar refractivity (Wildman–Crippen MR) is 45.5 cm³/mol. The summed E-state index contributed by atoms with van der Waals surface area (Å²) < 4.78 is 12.3. The molecule has 0 radical (unpaired) electrons. The van der Waals surface area contributed by atoms with E-state index in [-0.39, 0.29) is 6.42 Å². The Bertz CT molecular complexity index is 319. The van der Waals surface area contributed by atoms with Crippen LogP contribution in [-0.4, -0.2) is 16.1 Å². The Morgan fingerprint density at radius 3 is 2.92 bits per heavy atom. The van der Waals surface area contributed by atoms with Crippen molar-refractivity contribution in [3.05, 3.63) is 35.9 Å². The van der Waals surface area contributed by atoms with Gasteiger partial charge in [-0.25, -0.2) is 4.98 Å². The van der Waals surface area contributed by atoms with Gasteiger partial charge in [0.2, 0.25) is 5.95 Å². The summed E-state index contributed by atoms with van der Waals surface area (Å²) in [5.74, 6) is -1.44. The van der Waals surface area contributed by atoms with Gasteiger partial charge in [0.25, 0.3) is 0 Å². The van der Waals surface area contributed by atoms with Crippen LogP contribution in [0.3, 0.4) is 0 Å². The van der Waals surface area contributed by atoms with E-state index < -0.39 is 11.9 Å². The van der Waals surface area contributed by atoms with E-state index in [1.54, 1.807) is 6.08 Å². The highest BCUT2D eigenvalue weighted by Crippen LogP contribution is 2.01. The fourth-order valence-electron chi connectivity index (χ4n) is 0.782. The molecule has 4 heteroatoms. The fourth-order valence-corrected chi connectivity index (χ4v) is 0.782. The molecule has 1 heterocycles. The average Bonchev–Trinajstić information content (AvgIpc) is 2.08. The number of aromatic nitrogens is 1. The van der Waals surface area contributed by atoms with E-state index in [4.69, 9.17) is 5.11 Å². The summed E-state index contributed by atoms with van der Waals surface area (Å²) in [6.45, 7) is 0. The van der Waals surface area contributed by atoms with Gasteiger partial charge in [0.05, 0.1) is 6.42 Å². The van der Waals surface area contributed by atoms with Crippen LogP contribution in [0.25, 0.3) is 6.08 Å². The number of rotatable bonds is 3. The molecule has 0 spiro atoms. The van der Waals surface area contributed by atoms with Crippen molar-refractivity contribution in [2.45, 2.75) is 6.42 Å². The number of hydrogen-bond acceptors (Lipinski definition) is 2. The smallest absolute Gasteiger partial charge is 0.307 e. The van der Waals surface area contributed by atoms with Gasteiger partial charge in [-0.15, -0.1) is 0 Å². The second-order valence-electron chi connectivity index (χ2n) is 2.41. The molecular weight excluding hydrogens is 173 g/mol. The molecule has 1 aromatic heterocycles. The molecule has 0 aliphatic heterocycles. The maximum atomic E-state index is 12.3. The molecule has 0 aliphatic rings. The Labute approximate surface area is 74.5 Å². The van der Waals surface area contributed by atoms with Gasteiger partial charge in [-0.05, 0) is 17.7 Å². The Morgan fingerprint density at radius 1 is 1.62 bits per heavy atom. The number of halogens is 1. The summed E-state index contributed by atoms with van der Waals surface area (Å²) >= 11 is 0. The van der Waals surface area contributed by atoms with Gasteiger partial charge < -0.3 is 5.11 Å². The lowest BCUT2D eigenvalue weighted by Crippen LogP contribution is -1.89. The lowest BCUT2D eigenvalue weighted by atomic mass is 10.2. The van der Waals surface area contributed by atoms with Crippen molar-refractivity contribution in [2.75, 3.05) is 0 Å². The molecule has 0 unspecified atom stereocenters. The Kier molecular flexibility index (Phi) is 3.14. The fraction of sp³-hybridized carbons (Fsp3) is 0.111. The lowest BCUT2D eigenvalue weighted by Gasteiger charge is -1.90. The van der Waals surface area contributed by atoms with E-state index in [0.717, 1.165) is 0 Å². The quantitative estimate of drug-likeness (QED) is 0.722. The topological polar surface area (TPSA) is 50.2 Å². The van der Waals surface area contributed by atoms with E-state index in [1.807, 2.05) is 0 Å². The third kappa shape index (κ3) is 3.46. The molecule has 0 saturated heterocycles. The molecule has 0 atom stereocenters. The van der Waals surface area contributed by atoms with Crippen molar-refractivity contribution in [3.63, 3.8) is 0 Å². The third-order valence-electron chi connectivity index (χ3n) is 1.35. The van der Waals surface area contributed by atoms with Crippen molar-refractivity contribution in [2.24, 2.45) is 0 Å². The monoisotopic (exact) mass is 181 g/mol. The van der Waals surface area contributed by atoms with Crippen molar-refractivity contribution in [3.8, 4) is 0 Å². The highest BCUT2D eigenvalue weighted by atomic mass is 19.1. The number of carboxylic acids is 1. The second kappa shape index (κ2) is 4.35. The highest BCUT2D eigenvalue weighted by Gasteiger charge is 1.92. The summed E-state index contributed by atoms with van der Waals surface area (Å²) in [6.07, 6.45) is 4.36. The maximum Gasteiger partial charge on any atom is 0.307 e. The highest BCUT2D eigenvalue weighted by molar-refractivity contribution is 5.70. The van der Waals surface area contributed by atoms with Gasteiger partial charge in [-0.2, -0.15) is 4.39 Å². The maximum absolute atomic E-state index is 12.3. The number of nitrogens with zero attached hydrogens (tertiary/aromatic N) is 1. The van der Waals surface area contributed by atoms with Crippen LogP contribution in [0, 0.1) is 5.95 Å². The Morgan fingerprint density at radius 2 is 2.38 bits per heavy atom. The lowest BCUT2D eigenvalue weighted by molar-refractivity contribution is -0.135. The summed E-state index contributed by atoms with van der Waals surface area (Å²) in [5, 5.41) is 8.31. The molecule has 1 N–H and O–H groups in total. The molecular formula is C9H8FNO2. The normalized spacial score (nSPS) is 10.5. The van der Waals surface area contributed by atoms with Crippen LogP contribution in [0.5, 0.6) is 0 Å². The number of hydrogen-bond donors (Lipinski definition) is 1. The first-order valence-electron chi connectivity index (χ1n) is 3.68. The first-order chi connectivity index (χ1) is 6.18. The zero-order valence-electron chi connectivity index (χ0n) is 6.77. The summed E-state index contributed by atoms with van der Waals surface area (Å²) in [5.41, 5.74) is 0.683. The second-order valence-corrected chi connectivity index (χ2v) is 2.41. The molecule has 13 heavy (non-hydrogen) atoms. The number of carbonyl (C=O) groups is 1. The minimum atomic E-state index is -0.897. The summed E-state index contributed by atoms with van der Waals surface area (Å²) in [6, 6.07) is 2.75. The van der Waals surface area contributed by atoms with E-state index in [2.05, 4.69) is 4.98 Å². The van der Waals surface area contributed by atoms with Crippen molar-refractivity contribution in [1.82, 2.24) is 4.98 Å². The molecule has 0 aromatic carbocycles. The minimum Gasteiger partial charge on any atom is -0.481 e. The van der Waals surface area contributed by atoms with Crippen LogP contribution in [0.15, 0.2) is 24.4 Å². The predicted octanol–water partition coefficient (Wildman–Crippen LogP) is 1.71. The summed E-state index contributed by atoms with van der Waals surface area (Å²) in [4.78, 5) is 13.5. The first kappa shape index (κ1) is 9.38. The largest absolute Gasteiger partial charge is 0.481 e. The molecule has 68 valence electrons. The molecule has 0 bridgehead atoms. The first-order valence-corrected chi connectivity index (χ1v) is 3.68. The van der Waals surface area contributed by atoms with E-state index >= 15 is 0 Å². The van der Waals surface area contributed by atoms with Crippen LogP contribution in [-0.2, 0) is 4.79 Å². The van der Waals surface area contributed by atoms with Gasteiger partial charge in [-0.1, -0.05) is 12.2 Å². The Hall–Kier alpha value is -1.71. The molecule has 0 amide bonds. The molecule has 1 aromatic rings. The SMILES string of the molecule is O=C(O)CC=Cc1ccc(F)nc1. The zero-order chi connectivity index (χ0) is 9.68. The van der Waals surface area contributed by atoms with Crippen LogP contribution in [0.1, 0.15) is 12.0 Å². The van der Waals surface area contributed by atoms with Gasteiger partial charge >= 0.3 is 5.97 Å². The molecule has 3 nitrogen and oxygen atoms in total. The van der Waals surface area contributed by atoms with Crippen molar-refractivity contribution >= 4 is 12.0 Å². The molecule has 1 rings (SSSR count). The molecule has 0 fully saturated rings. The minimum absolute atomic E-state index is 0.0443. The van der Waals surface area contributed by atoms with Crippen LogP contribution in [0.4, 0.5) is 4.39 Å². The third-order valence-corrected chi connectivity index (χ3v) is 1.35. The number of pyridine rings is 1. The Balaban J connectivity index is 2.59. The standard InChI is InChI=1S/C9H8FNO2/c10-8-5-4-7(6-11-8)2-1-3-9(12)13/h1-2,4-6H,3H2,(H,12,13). The summed E-state index contributed by atoms with van der Waals surface area (Å²) in [7, 11) is 0. The molecule has 0 saturated carbocycles. The van der Waals surface area contributed by atoms with E-state index in [0.29, 0.717) is 5.56 Å². The van der Waals surface area contributed by atoms with Crippen molar-refractivity contribution < 1.29 is 14.3 Å². The van der Waals surface area contributed by atoms with Gasteiger partial charge in [0, 0.05) is 6.20 Å². The van der Waals surface area contributed by atoms with Crippen molar-refractivity contribution in [1.29, 1.82) is 0 Å². The van der Waals surface area contributed by atoms with Crippen LogP contribution >= 0.6 is 0 Å². The van der Waals surface area contributed by atoms with Crippen LogP contribution in [0.2, 0.25) is 0 Å². The van der Waals surface area contributed by atoms with Crippen LogP contribution < -0.4 is 0 Å². The van der Waals surface area contributed by atoms with Gasteiger partial charge in [0.1, 0.15) is 0 Å². The van der Waals surface area contributed by atoms with Gasteiger partial charge in [-0.3, -0.25) is 4.79 Å². The molecule has 0 aliphatic carbocycles. The average molecular weight is 181 g/mol. The number of aliphatic carboxylic acids is 1. The van der Waals surface area contributed by atoms with E-state index in [1.165, 1.54) is 24.4 Å². The van der Waals surface area contributed by atoms with Gasteiger partial charge in [0.15, 0.2) is 0 Å². The number of carboxylic acid groups (broad SMARTS) is 1. The van der Waals surface area contributed by atoms with E-state index in [9.17, 15) is 9.18 Å². The zero-order valence-corrected chi connectivity index (χ0v) is 6.77.